The van der Waals surface area contributed by atoms with Crippen LogP contribution in [0.2, 0.25) is 0 Å². The largest absolute Gasteiger partial charge is 0.495 e. The van der Waals surface area contributed by atoms with Crippen LogP contribution in [-0.2, 0) is 4.79 Å². The Bertz CT molecular complexity index is 414. The van der Waals surface area contributed by atoms with E-state index in [0.717, 1.165) is 5.69 Å². The van der Waals surface area contributed by atoms with Gasteiger partial charge in [0.05, 0.1) is 19.3 Å². The number of benzene rings is 1. The molecule has 104 valence electrons. The van der Waals surface area contributed by atoms with Crippen LogP contribution in [-0.4, -0.2) is 25.6 Å². The molecule has 0 unspecified atom stereocenters. The summed E-state index contributed by atoms with van der Waals surface area (Å²) in [5, 5.41) is 6.20. The van der Waals surface area contributed by atoms with Gasteiger partial charge in [-0.3, -0.25) is 4.79 Å². The lowest BCUT2D eigenvalue weighted by molar-refractivity contribution is -0.115. The smallest absolute Gasteiger partial charge is 0.238 e. The molecule has 1 aliphatic rings. The summed E-state index contributed by atoms with van der Waals surface area (Å²) in [6.45, 7) is 0.364. The molecule has 4 heteroatoms. The summed E-state index contributed by atoms with van der Waals surface area (Å²) in [5.74, 6) is 0.670. The van der Waals surface area contributed by atoms with E-state index in [1.165, 1.54) is 32.1 Å². The molecule has 2 rings (SSSR count). The zero-order chi connectivity index (χ0) is 13.5. The molecule has 0 aliphatic heterocycles. The third kappa shape index (κ3) is 4.24. The Hall–Kier alpha value is -1.55. The van der Waals surface area contributed by atoms with E-state index in [1.807, 2.05) is 24.3 Å². The molecule has 1 aromatic rings. The minimum atomic E-state index is -0.0185. The fourth-order valence-corrected chi connectivity index (χ4v) is 2.49. The number of hydrogen-bond donors (Lipinski definition) is 2. The molecular weight excluding hydrogens is 240 g/mol. The SMILES string of the molecule is COc1ccccc1NC(=O)CNC1CCCCC1. The molecule has 1 fully saturated rings. The summed E-state index contributed by atoms with van der Waals surface area (Å²) >= 11 is 0. The van der Waals surface area contributed by atoms with Crippen molar-refractivity contribution < 1.29 is 9.53 Å². The van der Waals surface area contributed by atoms with Crippen LogP contribution in [0.25, 0.3) is 0 Å². The minimum absolute atomic E-state index is 0.0185. The van der Waals surface area contributed by atoms with Crippen molar-refractivity contribution in [2.24, 2.45) is 0 Å². The maximum absolute atomic E-state index is 11.9. The highest BCUT2D eigenvalue weighted by Crippen LogP contribution is 2.22. The lowest BCUT2D eigenvalue weighted by Crippen LogP contribution is -2.37. The Morgan fingerprint density at radius 2 is 2.00 bits per heavy atom. The number of methoxy groups -OCH3 is 1. The van der Waals surface area contributed by atoms with Gasteiger partial charge in [0.25, 0.3) is 0 Å². The van der Waals surface area contributed by atoms with Gasteiger partial charge in [-0.15, -0.1) is 0 Å². The third-order valence-electron chi connectivity index (χ3n) is 3.54. The van der Waals surface area contributed by atoms with Gasteiger partial charge in [0, 0.05) is 6.04 Å². The molecule has 0 aromatic heterocycles. The van der Waals surface area contributed by atoms with Crippen molar-refractivity contribution in [2.75, 3.05) is 19.0 Å². The Labute approximate surface area is 114 Å². The number of hydrogen-bond acceptors (Lipinski definition) is 3. The number of para-hydroxylation sites is 2. The third-order valence-corrected chi connectivity index (χ3v) is 3.54. The summed E-state index contributed by atoms with van der Waals surface area (Å²) in [4.78, 5) is 11.9. The maximum Gasteiger partial charge on any atom is 0.238 e. The van der Waals surface area contributed by atoms with Crippen LogP contribution in [0.1, 0.15) is 32.1 Å². The molecule has 0 radical (unpaired) electrons. The van der Waals surface area contributed by atoms with E-state index >= 15 is 0 Å². The van der Waals surface area contributed by atoms with Crippen molar-refractivity contribution in [3.05, 3.63) is 24.3 Å². The number of rotatable bonds is 5. The number of carbonyl (C=O) groups excluding carboxylic acids is 1. The van der Waals surface area contributed by atoms with Gasteiger partial charge < -0.3 is 15.4 Å². The van der Waals surface area contributed by atoms with E-state index in [9.17, 15) is 4.79 Å². The fourth-order valence-electron chi connectivity index (χ4n) is 2.49. The topological polar surface area (TPSA) is 50.4 Å². The fraction of sp³-hybridized carbons (Fsp3) is 0.533. The van der Waals surface area contributed by atoms with Crippen molar-refractivity contribution in [3.8, 4) is 5.75 Å². The zero-order valence-electron chi connectivity index (χ0n) is 11.4. The highest BCUT2D eigenvalue weighted by molar-refractivity contribution is 5.93. The van der Waals surface area contributed by atoms with E-state index in [4.69, 9.17) is 4.74 Å². The van der Waals surface area contributed by atoms with Gasteiger partial charge in [-0.2, -0.15) is 0 Å². The van der Waals surface area contributed by atoms with Crippen LogP contribution in [0.15, 0.2) is 24.3 Å². The van der Waals surface area contributed by atoms with Crippen LogP contribution in [0.3, 0.4) is 0 Å². The predicted molar refractivity (Wildman–Crippen MR) is 76.5 cm³/mol. The first kappa shape index (κ1) is 13.9. The number of ether oxygens (including phenoxy) is 1. The molecular formula is C15H22N2O2. The lowest BCUT2D eigenvalue weighted by atomic mass is 9.95. The molecule has 19 heavy (non-hydrogen) atoms. The van der Waals surface area contributed by atoms with Crippen molar-refractivity contribution in [2.45, 2.75) is 38.1 Å². The van der Waals surface area contributed by atoms with E-state index in [0.29, 0.717) is 18.3 Å². The first-order valence-electron chi connectivity index (χ1n) is 6.96. The lowest BCUT2D eigenvalue weighted by Gasteiger charge is -2.22. The number of carbonyl (C=O) groups is 1. The molecule has 0 spiro atoms. The first-order valence-corrected chi connectivity index (χ1v) is 6.96. The minimum Gasteiger partial charge on any atom is -0.495 e. The average Bonchev–Trinajstić information content (AvgIpc) is 2.47. The Morgan fingerprint density at radius 1 is 1.26 bits per heavy atom. The zero-order valence-corrected chi connectivity index (χ0v) is 11.4. The molecule has 1 saturated carbocycles. The molecule has 1 aliphatic carbocycles. The summed E-state index contributed by atoms with van der Waals surface area (Å²) in [6, 6.07) is 7.94. The van der Waals surface area contributed by atoms with Crippen LogP contribution in [0.4, 0.5) is 5.69 Å². The highest BCUT2D eigenvalue weighted by atomic mass is 16.5. The van der Waals surface area contributed by atoms with Crippen LogP contribution in [0.5, 0.6) is 5.75 Å². The molecule has 0 atom stereocenters. The molecule has 0 saturated heterocycles. The normalized spacial score (nSPS) is 16.1. The van der Waals surface area contributed by atoms with Crippen molar-refractivity contribution in [1.29, 1.82) is 0 Å². The Morgan fingerprint density at radius 3 is 2.74 bits per heavy atom. The number of nitrogens with one attached hydrogen (secondary N) is 2. The van der Waals surface area contributed by atoms with Crippen molar-refractivity contribution in [1.82, 2.24) is 5.32 Å². The maximum atomic E-state index is 11.9. The van der Waals surface area contributed by atoms with Gasteiger partial charge >= 0.3 is 0 Å². The molecule has 2 N–H and O–H groups in total. The summed E-state index contributed by atoms with van der Waals surface area (Å²) in [5.41, 5.74) is 0.723. The molecule has 4 nitrogen and oxygen atoms in total. The van der Waals surface area contributed by atoms with Gasteiger partial charge in [-0.05, 0) is 25.0 Å². The second kappa shape index (κ2) is 7.14. The molecule has 0 bridgehead atoms. The van der Waals surface area contributed by atoms with Crippen LogP contribution >= 0.6 is 0 Å². The van der Waals surface area contributed by atoms with E-state index in [-0.39, 0.29) is 5.91 Å². The quantitative estimate of drug-likeness (QED) is 0.857. The summed E-state index contributed by atoms with van der Waals surface area (Å²) in [6.07, 6.45) is 6.23. The van der Waals surface area contributed by atoms with Crippen LogP contribution < -0.4 is 15.4 Å². The average molecular weight is 262 g/mol. The first-order chi connectivity index (χ1) is 9.29. The van der Waals surface area contributed by atoms with E-state index in [2.05, 4.69) is 10.6 Å². The van der Waals surface area contributed by atoms with Gasteiger partial charge in [-0.1, -0.05) is 31.4 Å². The standard InChI is InChI=1S/C15H22N2O2/c1-19-14-10-6-5-9-13(14)17-15(18)11-16-12-7-3-2-4-8-12/h5-6,9-10,12,16H,2-4,7-8,11H2,1H3,(H,17,18). The molecule has 0 heterocycles. The second-order valence-electron chi connectivity index (χ2n) is 4.96. The predicted octanol–water partition coefficient (Wildman–Crippen LogP) is 2.56. The van der Waals surface area contributed by atoms with Crippen molar-refractivity contribution in [3.63, 3.8) is 0 Å². The van der Waals surface area contributed by atoms with Gasteiger partial charge in [-0.25, -0.2) is 0 Å². The molecule has 1 amide bonds. The Balaban J connectivity index is 1.80. The van der Waals surface area contributed by atoms with Gasteiger partial charge in [0.1, 0.15) is 5.75 Å². The number of amides is 1. The number of anilines is 1. The highest BCUT2D eigenvalue weighted by Gasteiger charge is 2.14. The Kier molecular flexibility index (Phi) is 5.21. The van der Waals surface area contributed by atoms with E-state index in [1.54, 1.807) is 7.11 Å². The van der Waals surface area contributed by atoms with Gasteiger partial charge in [0.2, 0.25) is 5.91 Å². The van der Waals surface area contributed by atoms with Crippen molar-refractivity contribution >= 4 is 11.6 Å². The summed E-state index contributed by atoms with van der Waals surface area (Å²) < 4.78 is 5.21. The monoisotopic (exact) mass is 262 g/mol. The second-order valence-corrected chi connectivity index (χ2v) is 4.96. The summed E-state index contributed by atoms with van der Waals surface area (Å²) in [7, 11) is 1.60. The molecule has 1 aromatic carbocycles. The van der Waals surface area contributed by atoms with Gasteiger partial charge in [0.15, 0.2) is 0 Å². The van der Waals surface area contributed by atoms with E-state index < -0.39 is 0 Å². The van der Waals surface area contributed by atoms with Crippen LogP contribution in [0, 0.1) is 0 Å².